The fraction of sp³-hybridized carbons (Fsp3) is 0.400. The number of hydrogen-bond donors (Lipinski definition) is 1. The van der Waals surface area contributed by atoms with E-state index in [1.54, 1.807) is 0 Å². The highest BCUT2D eigenvalue weighted by Gasteiger charge is 2.28. The van der Waals surface area contributed by atoms with Crippen LogP contribution in [0.15, 0.2) is 54.6 Å². The third-order valence-electron chi connectivity index (χ3n) is 3.89. The topological polar surface area (TPSA) is 39.7 Å². The molecule has 4 heteroatoms. The second-order valence-corrected chi connectivity index (χ2v) is 6.18. The predicted molar refractivity (Wildman–Crippen MR) is 94.6 cm³/mol. The molecule has 1 saturated heterocycles. The maximum atomic E-state index is 6.38. The third-order valence-corrected chi connectivity index (χ3v) is 3.89. The molecule has 0 saturated carbocycles. The Morgan fingerprint density at radius 2 is 1.62 bits per heavy atom. The first-order valence-electron chi connectivity index (χ1n) is 8.53. The highest BCUT2D eigenvalue weighted by Crippen LogP contribution is 2.34. The monoisotopic (exact) mass is 327 g/mol. The Kier molecular flexibility index (Phi) is 5.72. The van der Waals surface area contributed by atoms with Crippen LogP contribution in [0.4, 0.5) is 0 Å². The summed E-state index contributed by atoms with van der Waals surface area (Å²) >= 11 is 0. The second kappa shape index (κ2) is 8.18. The van der Waals surface area contributed by atoms with Gasteiger partial charge < -0.3 is 19.5 Å². The minimum Gasteiger partial charge on any atom is -0.487 e. The Hall–Kier alpha value is -2.04. The largest absolute Gasteiger partial charge is 0.487 e. The van der Waals surface area contributed by atoms with Gasteiger partial charge in [-0.05, 0) is 31.5 Å². The standard InChI is InChI=1S/C20H25NO3/c1-15(2)23-17-10-6-7-11-18(17)24-20(16-8-4-3-5-9-16)19-14-21-12-13-22-19/h3-11,15,19-21H,12-14H2,1-2H3/t19?,20-/m0/s1. The van der Waals surface area contributed by atoms with E-state index in [2.05, 4.69) is 17.4 Å². The molecule has 0 amide bonds. The Morgan fingerprint density at radius 1 is 0.958 bits per heavy atom. The maximum Gasteiger partial charge on any atom is 0.162 e. The molecular weight excluding hydrogens is 302 g/mol. The van der Waals surface area contributed by atoms with Crippen LogP contribution in [-0.4, -0.2) is 31.9 Å². The Bertz CT molecular complexity index is 624. The lowest BCUT2D eigenvalue weighted by atomic mass is 10.0. The summed E-state index contributed by atoms with van der Waals surface area (Å²) in [5.41, 5.74) is 1.10. The van der Waals surface area contributed by atoms with Crippen LogP contribution in [-0.2, 0) is 4.74 Å². The highest BCUT2D eigenvalue weighted by atomic mass is 16.6. The Morgan fingerprint density at radius 3 is 2.25 bits per heavy atom. The van der Waals surface area contributed by atoms with E-state index in [0.29, 0.717) is 6.61 Å². The summed E-state index contributed by atoms with van der Waals surface area (Å²) in [6, 6.07) is 18.0. The van der Waals surface area contributed by atoms with Gasteiger partial charge in [-0.2, -0.15) is 0 Å². The average Bonchev–Trinajstić information content (AvgIpc) is 2.62. The van der Waals surface area contributed by atoms with Crippen molar-refractivity contribution in [3.8, 4) is 11.5 Å². The summed E-state index contributed by atoms with van der Waals surface area (Å²) in [7, 11) is 0. The van der Waals surface area contributed by atoms with Gasteiger partial charge in [0.2, 0.25) is 0 Å². The molecule has 4 nitrogen and oxygen atoms in total. The van der Waals surface area contributed by atoms with Gasteiger partial charge in [-0.25, -0.2) is 0 Å². The number of para-hydroxylation sites is 2. The van der Waals surface area contributed by atoms with E-state index in [9.17, 15) is 0 Å². The molecule has 0 radical (unpaired) electrons. The summed E-state index contributed by atoms with van der Waals surface area (Å²) in [6.07, 6.45) is -0.123. The van der Waals surface area contributed by atoms with E-state index in [4.69, 9.17) is 14.2 Å². The van der Waals surface area contributed by atoms with Crippen molar-refractivity contribution in [2.75, 3.05) is 19.7 Å². The third kappa shape index (κ3) is 4.28. The second-order valence-electron chi connectivity index (χ2n) is 6.18. The zero-order chi connectivity index (χ0) is 16.8. The maximum absolute atomic E-state index is 6.38. The molecule has 0 aromatic heterocycles. The van der Waals surface area contributed by atoms with Gasteiger partial charge >= 0.3 is 0 Å². The minimum absolute atomic E-state index is 0.0340. The zero-order valence-corrected chi connectivity index (χ0v) is 14.3. The molecular formula is C20H25NO3. The SMILES string of the molecule is CC(C)Oc1ccccc1O[C@@H](c1ccccc1)C1CNCCO1. The van der Waals surface area contributed by atoms with E-state index in [1.807, 2.05) is 56.3 Å². The van der Waals surface area contributed by atoms with E-state index in [1.165, 1.54) is 0 Å². The molecule has 0 aliphatic carbocycles. The molecule has 24 heavy (non-hydrogen) atoms. The Labute approximate surface area is 143 Å². The van der Waals surface area contributed by atoms with Crippen molar-refractivity contribution in [1.29, 1.82) is 0 Å². The summed E-state index contributed by atoms with van der Waals surface area (Å²) in [4.78, 5) is 0. The molecule has 128 valence electrons. The number of nitrogens with one attached hydrogen (secondary N) is 1. The summed E-state index contributed by atoms with van der Waals surface area (Å²) < 4.78 is 18.2. The van der Waals surface area contributed by atoms with Crippen LogP contribution in [0.2, 0.25) is 0 Å². The van der Waals surface area contributed by atoms with Crippen LogP contribution in [0.3, 0.4) is 0 Å². The van der Waals surface area contributed by atoms with Gasteiger partial charge in [-0.1, -0.05) is 42.5 Å². The van der Waals surface area contributed by atoms with Crippen molar-refractivity contribution in [3.63, 3.8) is 0 Å². The number of ether oxygens (including phenoxy) is 3. The first-order chi connectivity index (χ1) is 11.7. The highest BCUT2D eigenvalue weighted by molar-refractivity contribution is 5.40. The van der Waals surface area contributed by atoms with Crippen LogP contribution in [0.5, 0.6) is 11.5 Å². The first kappa shape index (κ1) is 16.8. The molecule has 1 unspecified atom stereocenters. The smallest absolute Gasteiger partial charge is 0.162 e. The first-order valence-corrected chi connectivity index (χ1v) is 8.53. The molecule has 2 aromatic rings. The molecule has 1 aliphatic rings. The van der Waals surface area contributed by atoms with E-state index in [0.717, 1.165) is 30.2 Å². The van der Waals surface area contributed by atoms with Crippen LogP contribution < -0.4 is 14.8 Å². The van der Waals surface area contributed by atoms with Crippen LogP contribution in [0.25, 0.3) is 0 Å². The van der Waals surface area contributed by atoms with Crippen molar-refractivity contribution in [3.05, 3.63) is 60.2 Å². The predicted octanol–water partition coefficient (Wildman–Crippen LogP) is 3.58. The molecule has 2 atom stereocenters. The van der Waals surface area contributed by atoms with Gasteiger partial charge in [0.1, 0.15) is 6.10 Å². The van der Waals surface area contributed by atoms with Gasteiger partial charge in [0, 0.05) is 13.1 Å². The molecule has 1 heterocycles. The molecule has 2 aromatic carbocycles. The number of benzene rings is 2. The van der Waals surface area contributed by atoms with Crippen molar-refractivity contribution in [2.45, 2.75) is 32.2 Å². The fourth-order valence-electron chi connectivity index (χ4n) is 2.82. The van der Waals surface area contributed by atoms with Crippen molar-refractivity contribution in [1.82, 2.24) is 5.32 Å². The number of rotatable bonds is 6. The molecule has 0 spiro atoms. The van der Waals surface area contributed by atoms with Crippen LogP contribution in [0.1, 0.15) is 25.5 Å². The van der Waals surface area contributed by atoms with Crippen molar-refractivity contribution < 1.29 is 14.2 Å². The summed E-state index contributed by atoms with van der Waals surface area (Å²) in [6.45, 7) is 6.37. The number of hydrogen-bond acceptors (Lipinski definition) is 4. The fourth-order valence-corrected chi connectivity index (χ4v) is 2.82. The molecule has 1 N–H and O–H groups in total. The molecule has 3 rings (SSSR count). The van der Waals surface area contributed by atoms with E-state index < -0.39 is 0 Å². The lowest BCUT2D eigenvalue weighted by Crippen LogP contribution is -2.43. The van der Waals surface area contributed by atoms with Crippen molar-refractivity contribution >= 4 is 0 Å². The quantitative estimate of drug-likeness (QED) is 0.880. The minimum atomic E-state index is -0.184. The normalized spacial score (nSPS) is 19.0. The van der Waals surface area contributed by atoms with Gasteiger partial charge in [-0.3, -0.25) is 0 Å². The molecule has 1 aliphatic heterocycles. The van der Waals surface area contributed by atoms with Gasteiger partial charge in [-0.15, -0.1) is 0 Å². The lowest BCUT2D eigenvalue weighted by Gasteiger charge is -2.32. The molecule has 1 fully saturated rings. The van der Waals surface area contributed by atoms with Crippen LogP contribution in [0, 0.1) is 0 Å². The molecule has 0 bridgehead atoms. The summed E-state index contributed by atoms with van der Waals surface area (Å²) in [5, 5.41) is 3.38. The van der Waals surface area contributed by atoms with Gasteiger partial charge in [0.05, 0.1) is 12.7 Å². The zero-order valence-electron chi connectivity index (χ0n) is 14.3. The van der Waals surface area contributed by atoms with Crippen LogP contribution >= 0.6 is 0 Å². The Balaban J connectivity index is 1.87. The summed E-state index contributed by atoms with van der Waals surface area (Å²) in [5.74, 6) is 1.51. The van der Waals surface area contributed by atoms with E-state index >= 15 is 0 Å². The lowest BCUT2D eigenvalue weighted by molar-refractivity contribution is -0.0441. The number of morpholine rings is 1. The van der Waals surface area contributed by atoms with Gasteiger partial charge in [0.25, 0.3) is 0 Å². The van der Waals surface area contributed by atoms with Crippen molar-refractivity contribution in [2.24, 2.45) is 0 Å². The average molecular weight is 327 g/mol. The van der Waals surface area contributed by atoms with E-state index in [-0.39, 0.29) is 18.3 Å². The van der Waals surface area contributed by atoms with Gasteiger partial charge in [0.15, 0.2) is 17.6 Å².